The van der Waals surface area contributed by atoms with Gasteiger partial charge in [0.2, 0.25) is 5.91 Å². The molecule has 0 spiro atoms. The van der Waals surface area contributed by atoms with E-state index in [4.69, 9.17) is 11.5 Å². The van der Waals surface area contributed by atoms with Gasteiger partial charge in [-0.3, -0.25) is 4.79 Å². The van der Waals surface area contributed by atoms with Crippen molar-refractivity contribution in [3.63, 3.8) is 0 Å². The standard InChI is InChI=1S/C6H12N4O/c7-6(8)10-4-1-2-5(11)9-3-4/h4H,1-3H2,(H,9,11)(H4,7,8,10). The molecule has 1 rings (SSSR count). The summed E-state index contributed by atoms with van der Waals surface area (Å²) in [6.45, 7) is 0.552. The number of nitrogens with one attached hydrogen (secondary N) is 1. The Morgan fingerprint density at radius 2 is 2.36 bits per heavy atom. The van der Waals surface area contributed by atoms with E-state index in [-0.39, 0.29) is 17.9 Å². The lowest BCUT2D eigenvalue weighted by atomic mass is 10.1. The molecule has 5 N–H and O–H groups in total. The summed E-state index contributed by atoms with van der Waals surface area (Å²) in [5.74, 6) is 0.165. The molecule has 1 unspecified atom stereocenters. The van der Waals surface area contributed by atoms with Crippen molar-refractivity contribution < 1.29 is 4.79 Å². The maximum absolute atomic E-state index is 10.7. The van der Waals surface area contributed by atoms with E-state index in [9.17, 15) is 4.79 Å². The molecule has 11 heavy (non-hydrogen) atoms. The third kappa shape index (κ3) is 2.45. The monoisotopic (exact) mass is 156 g/mol. The van der Waals surface area contributed by atoms with Crippen molar-refractivity contribution in [2.75, 3.05) is 6.54 Å². The Bertz CT molecular complexity index is 175. The second kappa shape index (κ2) is 3.23. The van der Waals surface area contributed by atoms with Gasteiger partial charge in [-0.05, 0) is 6.42 Å². The molecule has 0 aromatic rings. The summed E-state index contributed by atoms with van der Waals surface area (Å²) in [6, 6.07) is 0.0673. The molecule has 1 aliphatic rings. The summed E-state index contributed by atoms with van der Waals surface area (Å²) in [5.41, 5.74) is 10.3. The largest absolute Gasteiger partial charge is 0.370 e. The van der Waals surface area contributed by atoms with Crippen LogP contribution in [0.25, 0.3) is 0 Å². The summed E-state index contributed by atoms with van der Waals surface area (Å²) in [4.78, 5) is 14.6. The zero-order chi connectivity index (χ0) is 8.27. The molecule has 0 aromatic heterocycles. The Balaban J connectivity index is 2.39. The zero-order valence-corrected chi connectivity index (χ0v) is 6.21. The van der Waals surface area contributed by atoms with Gasteiger partial charge in [-0.1, -0.05) is 0 Å². The lowest BCUT2D eigenvalue weighted by molar-refractivity contribution is -0.122. The van der Waals surface area contributed by atoms with Crippen LogP contribution >= 0.6 is 0 Å². The Labute approximate surface area is 64.8 Å². The van der Waals surface area contributed by atoms with E-state index < -0.39 is 0 Å². The maximum atomic E-state index is 10.7. The van der Waals surface area contributed by atoms with Gasteiger partial charge in [-0.2, -0.15) is 0 Å². The molecule has 0 aliphatic carbocycles. The van der Waals surface area contributed by atoms with Crippen LogP contribution in [0.4, 0.5) is 0 Å². The van der Waals surface area contributed by atoms with Gasteiger partial charge >= 0.3 is 0 Å². The van der Waals surface area contributed by atoms with Crippen LogP contribution in [-0.4, -0.2) is 24.5 Å². The van der Waals surface area contributed by atoms with Crippen LogP contribution in [0.2, 0.25) is 0 Å². The first-order valence-electron chi connectivity index (χ1n) is 3.54. The number of hydrogen-bond donors (Lipinski definition) is 3. The summed E-state index contributed by atoms with van der Waals surface area (Å²) >= 11 is 0. The normalized spacial score (nSPS) is 24.0. The minimum atomic E-state index is 0.0673. The highest BCUT2D eigenvalue weighted by Crippen LogP contribution is 2.05. The number of nitrogens with zero attached hydrogens (tertiary/aromatic N) is 1. The van der Waals surface area contributed by atoms with Gasteiger partial charge < -0.3 is 16.8 Å². The van der Waals surface area contributed by atoms with Crippen LogP contribution in [-0.2, 0) is 4.79 Å². The fraction of sp³-hybridized carbons (Fsp3) is 0.667. The molecule has 5 heteroatoms. The highest BCUT2D eigenvalue weighted by molar-refractivity contribution is 5.78. The molecule has 0 bridgehead atoms. The predicted molar refractivity (Wildman–Crippen MR) is 41.8 cm³/mol. The summed E-state index contributed by atoms with van der Waals surface area (Å²) in [7, 11) is 0. The smallest absolute Gasteiger partial charge is 0.220 e. The number of carbonyl (C=O) groups excluding carboxylic acids is 1. The van der Waals surface area contributed by atoms with Crippen LogP contribution in [0.15, 0.2) is 4.99 Å². The van der Waals surface area contributed by atoms with Gasteiger partial charge in [0.15, 0.2) is 5.96 Å². The first kappa shape index (κ1) is 7.84. The van der Waals surface area contributed by atoms with Gasteiger partial charge in [0.05, 0.1) is 6.04 Å². The number of hydrogen-bond acceptors (Lipinski definition) is 2. The lowest BCUT2D eigenvalue weighted by Crippen LogP contribution is -2.39. The maximum Gasteiger partial charge on any atom is 0.220 e. The highest BCUT2D eigenvalue weighted by Gasteiger charge is 2.16. The SMILES string of the molecule is NC(N)=NC1CCC(=O)NC1. The molecule has 1 heterocycles. The van der Waals surface area contributed by atoms with E-state index >= 15 is 0 Å². The molecular weight excluding hydrogens is 144 g/mol. The molecule has 0 aromatic carbocycles. The minimum absolute atomic E-state index is 0.0673. The van der Waals surface area contributed by atoms with Crippen molar-refractivity contribution in [2.45, 2.75) is 18.9 Å². The van der Waals surface area contributed by atoms with Crippen molar-refractivity contribution in [3.05, 3.63) is 0 Å². The number of amides is 1. The molecule has 1 aliphatic heterocycles. The second-order valence-corrected chi connectivity index (χ2v) is 2.55. The van der Waals surface area contributed by atoms with E-state index in [1.54, 1.807) is 0 Å². The molecule has 5 nitrogen and oxygen atoms in total. The molecule has 1 amide bonds. The topological polar surface area (TPSA) is 93.5 Å². The Hall–Kier alpha value is -1.26. The van der Waals surface area contributed by atoms with Crippen molar-refractivity contribution in [3.8, 4) is 0 Å². The van der Waals surface area contributed by atoms with E-state index in [0.29, 0.717) is 13.0 Å². The number of piperidine rings is 1. The van der Waals surface area contributed by atoms with Crippen LogP contribution in [0.5, 0.6) is 0 Å². The molecular formula is C6H12N4O. The van der Waals surface area contributed by atoms with Crippen LogP contribution in [0, 0.1) is 0 Å². The fourth-order valence-electron chi connectivity index (χ4n) is 1.04. The third-order valence-electron chi connectivity index (χ3n) is 1.57. The number of rotatable bonds is 1. The van der Waals surface area contributed by atoms with Crippen LogP contribution < -0.4 is 16.8 Å². The van der Waals surface area contributed by atoms with Crippen molar-refractivity contribution in [1.82, 2.24) is 5.32 Å². The van der Waals surface area contributed by atoms with E-state index in [1.165, 1.54) is 0 Å². The van der Waals surface area contributed by atoms with Crippen LogP contribution in [0.1, 0.15) is 12.8 Å². The summed E-state index contributed by atoms with van der Waals surface area (Å²) in [6.07, 6.45) is 1.26. The molecule has 0 saturated carbocycles. The molecule has 1 saturated heterocycles. The highest BCUT2D eigenvalue weighted by atomic mass is 16.1. The average Bonchev–Trinajstić information content (AvgIpc) is 1.93. The van der Waals surface area contributed by atoms with E-state index in [0.717, 1.165) is 6.42 Å². The first-order chi connectivity index (χ1) is 5.18. The average molecular weight is 156 g/mol. The van der Waals surface area contributed by atoms with E-state index in [1.807, 2.05) is 0 Å². The lowest BCUT2D eigenvalue weighted by Gasteiger charge is -2.18. The second-order valence-electron chi connectivity index (χ2n) is 2.55. The fourth-order valence-corrected chi connectivity index (χ4v) is 1.04. The molecule has 62 valence electrons. The third-order valence-corrected chi connectivity index (χ3v) is 1.57. The van der Waals surface area contributed by atoms with Crippen molar-refractivity contribution in [1.29, 1.82) is 0 Å². The Kier molecular flexibility index (Phi) is 2.30. The number of aliphatic imine (C=N–C) groups is 1. The van der Waals surface area contributed by atoms with Crippen molar-refractivity contribution in [2.24, 2.45) is 16.5 Å². The van der Waals surface area contributed by atoms with E-state index in [2.05, 4.69) is 10.3 Å². The van der Waals surface area contributed by atoms with Gasteiger partial charge in [0, 0.05) is 13.0 Å². The van der Waals surface area contributed by atoms with Gasteiger partial charge in [0.1, 0.15) is 0 Å². The van der Waals surface area contributed by atoms with Gasteiger partial charge in [0.25, 0.3) is 0 Å². The number of carbonyl (C=O) groups is 1. The molecule has 1 fully saturated rings. The quantitative estimate of drug-likeness (QED) is 0.320. The Morgan fingerprint density at radius 3 is 2.82 bits per heavy atom. The Morgan fingerprint density at radius 1 is 1.64 bits per heavy atom. The van der Waals surface area contributed by atoms with Crippen LogP contribution in [0.3, 0.4) is 0 Å². The summed E-state index contributed by atoms with van der Waals surface area (Å²) in [5, 5.41) is 2.68. The summed E-state index contributed by atoms with van der Waals surface area (Å²) < 4.78 is 0. The zero-order valence-electron chi connectivity index (χ0n) is 6.21. The molecule has 0 radical (unpaired) electrons. The van der Waals surface area contributed by atoms with Gasteiger partial charge in [-0.25, -0.2) is 4.99 Å². The number of guanidine groups is 1. The number of nitrogens with two attached hydrogens (primary N) is 2. The van der Waals surface area contributed by atoms with Gasteiger partial charge in [-0.15, -0.1) is 0 Å². The molecule has 1 atom stereocenters. The van der Waals surface area contributed by atoms with Crippen molar-refractivity contribution >= 4 is 11.9 Å². The first-order valence-corrected chi connectivity index (χ1v) is 3.54. The minimum Gasteiger partial charge on any atom is -0.370 e. The predicted octanol–water partition coefficient (Wildman–Crippen LogP) is -1.46.